The molecule has 0 fully saturated rings. The Morgan fingerprint density at radius 3 is 2.68 bits per heavy atom. The van der Waals surface area contributed by atoms with Gasteiger partial charge in [-0.25, -0.2) is 9.78 Å². The van der Waals surface area contributed by atoms with Crippen LogP contribution in [0.2, 0.25) is 0 Å². The third-order valence-corrected chi connectivity index (χ3v) is 5.88. The molecule has 9 heteroatoms. The van der Waals surface area contributed by atoms with E-state index in [-0.39, 0.29) is 11.3 Å². The molecule has 2 rings (SSSR count). The van der Waals surface area contributed by atoms with E-state index in [1.165, 1.54) is 30.1 Å². The second kappa shape index (κ2) is 8.48. The Bertz CT molecular complexity index is 857. The average molecular weight is 383 g/mol. The monoisotopic (exact) mass is 382 g/mol. The zero-order valence-corrected chi connectivity index (χ0v) is 16.4. The Morgan fingerprint density at radius 2 is 2.04 bits per heavy atom. The van der Waals surface area contributed by atoms with Crippen molar-refractivity contribution in [3.05, 3.63) is 20.8 Å². The zero-order chi connectivity index (χ0) is 18.6. The first-order chi connectivity index (χ1) is 11.9. The molecule has 136 valence electrons. The summed E-state index contributed by atoms with van der Waals surface area (Å²) in [4.78, 5) is 42.3. The van der Waals surface area contributed by atoms with E-state index in [0.29, 0.717) is 21.9 Å². The third kappa shape index (κ3) is 4.40. The van der Waals surface area contributed by atoms with E-state index in [4.69, 9.17) is 0 Å². The van der Waals surface area contributed by atoms with Crippen molar-refractivity contribution in [3.63, 3.8) is 0 Å². The molecule has 0 spiro atoms. The van der Waals surface area contributed by atoms with Gasteiger partial charge < -0.3 is 5.32 Å². The molecular weight excluding hydrogens is 360 g/mol. The molecule has 0 atom stereocenters. The van der Waals surface area contributed by atoms with Crippen LogP contribution in [0.3, 0.4) is 0 Å². The van der Waals surface area contributed by atoms with Crippen molar-refractivity contribution in [3.8, 4) is 0 Å². The standard InChI is InChI=1S/C16H22N4O3S2/c1-5-6-7-20-14(22)12-9(2)10(3)25-13(12)19-16(20)24-8-11(21)18-15(23)17-4/h5-8H2,1-4H3,(H2,17,18,21,23). The van der Waals surface area contributed by atoms with Crippen LogP contribution in [0.5, 0.6) is 0 Å². The van der Waals surface area contributed by atoms with Crippen molar-refractivity contribution in [2.24, 2.45) is 0 Å². The number of aryl methyl sites for hydroxylation is 2. The number of aromatic nitrogens is 2. The number of amides is 3. The Balaban J connectivity index is 2.35. The Kier molecular flexibility index (Phi) is 6.60. The topological polar surface area (TPSA) is 93.1 Å². The predicted octanol–water partition coefficient (Wildman–Crippen LogP) is 2.42. The number of urea groups is 1. The lowest BCUT2D eigenvalue weighted by Crippen LogP contribution is -2.38. The summed E-state index contributed by atoms with van der Waals surface area (Å²) in [5, 5.41) is 5.71. The van der Waals surface area contributed by atoms with Gasteiger partial charge in [0, 0.05) is 18.5 Å². The fourth-order valence-corrected chi connectivity index (χ4v) is 4.18. The van der Waals surface area contributed by atoms with Gasteiger partial charge >= 0.3 is 6.03 Å². The normalized spacial score (nSPS) is 10.9. The van der Waals surface area contributed by atoms with Crippen LogP contribution < -0.4 is 16.2 Å². The number of nitrogens with zero attached hydrogens (tertiary/aromatic N) is 2. The largest absolute Gasteiger partial charge is 0.341 e. The number of hydrogen-bond donors (Lipinski definition) is 2. The quantitative estimate of drug-likeness (QED) is 0.591. The number of rotatable bonds is 6. The average Bonchev–Trinajstić information content (AvgIpc) is 2.86. The van der Waals surface area contributed by atoms with Gasteiger partial charge in [0.1, 0.15) is 4.83 Å². The first kappa shape index (κ1) is 19.5. The van der Waals surface area contributed by atoms with Crippen molar-refractivity contribution in [2.75, 3.05) is 12.8 Å². The molecule has 0 unspecified atom stereocenters. The van der Waals surface area contributed by atoms with Gasteiger partial charge in [-0.3, -0.25) is 19.5 Å². The summed E-state index contributed by atoms with van der Waals surface area (Å²) in [6.07, 6.45) is 1.81. The third-order valence-electron chi connectivity index (χ3n) is 3.80. The second-order valence-corrected chi connectivity index (χ2v) is 7.73. The van der Waals surface area contributed by atoms with Crippen LogP contribution in [-0.2, 0) is 11.3 Å². The van der Waals surface area contributed by atoms with E-state index in [1.807, 2.05) is 13.8 Å². The maximum Gasteiger partial charge on any atom is 0.321 e. The first-order valence-electron chi connectivity index (χ1n) is 8.03. The number of imide groups is 1. The number of thiophene rings is 1. The van der Waals surface area contributed by atoms with Crippen LogP contribution in [0.25, 0.3) is 10.2 Å². The number of fused-ring (bicyclic) bond motifs is 1. The van der Waals surface area contributed by atoms with E-state index in [2.05, 4.69) is 22.5 Å². The molecule has 0 aliphatic heterocycles. The van der Waals surface area contributed by atoms with E-state index >= 15 is 0 Å². The van der Waals surface area contributed by atoms with Crippen molar-refractivity contribution in [1.29, 1.82) is 0 Å². The van der Waals surface area contributed by atoms with Crippen LogP contribution in [-0.4, -0.2) is 34.3 Å². The number of nitrogens with one attached hydrogen (secondary N) is 2. The molecule has 0 bridgehead atoms. The summed E-state index contributed by atoms with van der Waals surface area (Å²) < 4.78 is 1.64. The van der Waals surface area contributed by atoms with Gasteiger partial charge in [-0.15, -0.1) is 11.3 Å². The molecule has 25 heavy (non-hydrogen) atoms. The summed E-state index contributed by atoms with van der Waals surface area (Å²) in [5.41, 5.74) is 0.908. The van der Waals surface area contributed by atoms with Crippen LogP contribution >= 0.6 is 23.1 Å². The van der Waals surface area contributed by atoms with Crippen LogP contribution in [0.15, 0.2) is 9.95 Å². The van der Waals surface area contributed by atoms with Crippen molar-refractivity contribution < 1.29 is 9.59 Å². The molecule has 0 radical (unpaired) electrons. The first-order valence-corrected chi connectivity index (χ1v) is 9.84. The number of carbonyl (C=O) groups excluding carboxylic acids is 2. The molecule has 2 N–H and O–H groups in total. The van der Waals surface area contributed by atoms with Crippen molar-refractivity contribution >= 4 is 45.3 Å². The summed E-state index contributed by atoms with van der Waals surface area (Å²) in [6.45, 7) is 6.53. The van der Waals surface area contributed by atoms with Crippen LogP contribution in [0, 0.1) is 13.8 Å². The number of thioether (sulfide) groups is 1. The second-order valence-electron chi connectivity index (χ2n) is 5.58. The highest BCUT2D eigenvalue weighted by Gasteiger charge is 2.17. The van der Waals surface area contributed by atoms with Gasteiger partial charge in [-0.2, -0.15) is 0 Å². The smallest absolute Gasteiger partial charge is 0.321 e. The summed E-state index contributed by atoms with van der Waals surface area (Å²) in [6, 6.07) is -0.554. The van der Waals surface area contributed by atoms with Crippen LogP contribution in [0.1, 0.15) is 30.2 Å². The van der Waals surface area contributed by atoms with Gasteiger partial charge in [-0.1, -0.05) is 25.1 Å². The highest BCUT2D eigenvalue weighted by molar-refractivity contribution is 7.99. The number of unbranched alkanes of at least 4 members (excludes halogenated alkanes) is 1. The molecule has 0 saturated heterocycles. The molecule has 2 aromatic heterocycles. The van der Waals surface area contributed by atoms with Gasteiger partial charge in [0.05, 0.1) is 11.1 Å². The minimum atomic E-state index is -0.554. The SMILES string of the molecule is CCCCn1c(SCC(=O)NC(=O)NC)nc2sc(C)c(C)c2c1=O. The number of hydrogen-bond acceptors (Lipinski definition) is 6. The number of carbonyl (C=O) groups is 2. The van der Waals surface area contributed by atoms with Crippen molar-refractivity contribution in [2.45, 2.75) is 45.3 Å². The summed E-state index contributed by atoms with van der Waals surface area (Å²) in [5.74, 6) is -0.417. The lowest BCUT2D eigenvalue weighted by Gasteiger charge is -2.11. The van der Waals surface area contributed by atoms with Crippen LogP contribution in [0.4, 0.5) is 4.79 Å². The van der Waals surface area contributed by atoms with Gasteiger partial charge in [0.25, 0.3) is 5.56 Å². The van der Waals surface area contributed by atoms with Gasteiger partial charge in [0.15, 0.2) is 5.16 Å². The highest BCUT2D eigenvalue weighted by Crippen LogP contribution is 2.28. The van der Waals surface area contributed by atoms with E-state index < -0.39 is 11.9 Å². The van der Waals surface area contributed by atoms with Crippen molar-refractivity contribution in [1.82, 2.24) is 20.2 Å². The molecule has 0 aliphatic carbocycles. The lowest BCUT2D eigenvalue weighted by atomic mass is 10.2. The fraction of sp³-hybridized carbons (Fsp3) is 0.500. The van der Waals surface area contributed by atoms with Gasteiger partial charge in [0.2, 0.25) is 5.91 Å². The minimum Gasteiger partial charge on any atom is -0.341 e. The molecule has 0 aliphatic rings. The summed E-state index contributed by atoms with van der Waals surface area (Å²) >= 11 is 2.65. The zero-order valence-electron chi connectivity index (χ0n) is 14.8. The summed E-state index contributed by atoms with van der Waals surface area (Å²) in [7, 11) is 1.44. The molecule has 3 amide bonds. The van der Waals surface area contributed by atoms with E-state index in [0.717, 1.165) is 23.3 Å². The fourth-order valence-electron chi connectivity index (χ4n) is 2.29. The molecule has 2 aromatic rings. The predicted molar refractivity (Wildman–Crippen MR) is 102 cm³/mol. The maximum atomic E-state index is 12.9. The molecule has 2 heterocycles. The highest BCUT2D eigenvalue weighted by atomic mass is 32.2. The van der Waals surface area contributed by atoms with E-state index in [1.54, 1.807) is 4.57 Å². The minimum absolute atomic E-state index is 0.0147. The lowest BCUT2D eigenvalue weighted by molar-refractivity contribution is -0.117. The molecular formula is C16H22N4O3S2. The van der Waals surface area contributed by atoms with E-state index in [9.17, 15) is 14.4 Å². The Labute approximate surface area is 154 Å². The molecule has 7 nitrogen and oxygen atoms in total. The Morgan fingerprint density at radius 1 is 1.32 bits per heavy atom. The molecule has 0 aromatic carbocycles. The van der Waals surface area contributed by atoms with Gasteiger partial charge in [-0.05, 0) is 25.8 Å². The Hall–Kier alpha value is -1.87. The molecule has 0 saturated carbocycles. The maximum absolute atomic E-state index is 12.9.